The Hall–Kier alpha value is -1.52. The Kier molecular flexibility index (Phi) is 11.4. The van der Waals surface area contributed by atoms with E-state index in [9.17, 15) is 19.2 Å². The molecule has 0 unspecified atom stereocenters. The molecule has 0 radical (unpaired) electrons. The molecule has 0 aliphatic rings. The van der Waals surface area contributed by atoms with E-state index in [1.54, 1.807) is 6.92 Å². The van der Waals surface area contributed by atoms with E-state index in [0.717, 1.165) is 19.3 Å². The molecular weight excluding hydrogens is 272 g/mol. The van der Waals surface area contributed by atoms with Crippen LogP contribution in [0.4, 0.5) is 0 Å². The second-order valence-corrected chi connectivity index (χ2v) is 5.11. The molecule has 0 aliphatic carbocycles. The molecule has 0 aromatic heterocycles. The molecule has 0 rings (SSSR count). The molecule has 0 N–H and O–H groups in total. The number of esters is 1. The van der Waals surface area contributed by atoms with Crippen molar-refractivity contribution in [3.05, 3.63) is 0 Å². The third-order valence-corrected chi connectivity index (χ3v) is 3.32. The first-order valence-electron chi connectivity index (χ1n) is 7.61. The van der Waals surface area contributed by atoms with Crippen LogP contribution in [0.15, 0.2) is 0 Å². The van der Waals surface area contributed by atoms with Crippen LogP contribution in [0.5, 0.6) is 0 Å². The first kappa shape index (κ1) is 19.5. The maximum absolute atomic E-state index is 11.5. The van der Waals surface area contributed by atoms with Gasteiger partial charge in [-0.15, -0.1) is 0 Å². The van der Waals surface area contributed by atoms with E-state index in [4.69, 9.17) is 0 Å². The predicted octanol–water partition coefficient (Wildman–Crippen LogP) is 2.79. The van der Waals surface area contributed by atoms with Gasteiger partial charge in [-0.2, -0.15) is 0 Å². The fourth-order valence-electron chi connectivity index (χ4n) is 1.87. The molecule has 120 valence electrons. The number of hydrogen-bond donors (Lipinski definition) is 0. The topological polar surface area (TPSA) is 77.5 Å². The van der Waals surface area contributed by atoms with E-state index in [1.165, 1.54) is 7.11 Å². The number of carbonyl (C=O) groups excluding carboxylic acids is 4. The van der Waals surface area contributed by atoms with Gasteiger partial charge in [-0.1, -0.05) is 13.3 Å². The average molecular weight is 298 g/mol. The number of hydrogen-bond acceptors (Lipinski definition) is 5. The Labute approximate surface area is 126 Å². The molecule has 0 fully saturated rings. The molecule has 0 amide bonds. The molecule has 21 heavy (non-hydrogen) atoms. The summed E-state index contributed by atoms with van der Waals surface area (Å²) >= 11 is 0. The predicted molar refractivity (Wildman–Crippen MR) is 78.9 cm³/mol. The summed E-state index contributed by atoms with van der Waals surface area (Å²) in [7, 11) is 1.30. The van der Waals surface area contributed by atoms with E-state index < -0.39 is 0 Å². The molecule has 0 atom stereocenters. The number of unbranched alkanes of at least 4 members (excludes halogenated alkanes) is 2. The lowest BCUT2D eigenvalue weighted by Crippen LogP contribution is -2.05. The van der Waals surface area contributed by atoms with E-state index in [2.05, 4.69) is 4.74 Å². The lowest BCUT2D eigenvalue weighted by atomic mass is 10.0. The third kappa shape index (κ3) is 12.0. The first-order chi connectivity index (χ1) is 9.99. The molecule has 0 aromatic carbocycles. The molecule has 0 saturated carbocycles. The van der Waals surface area contributed by atoms with Crippen molar-refractivity contribution < 1.29 is 23.9 Å². The lowest BCUT2D eigenvalue weighted by molar-refractivity contribution is -0.142. The maximum atomic E-state index is 11.5. The zero-order valence-corrected chi connectivity index (χ0v) is 13.1. The van der Waals surface area contributed by atoms with Gasteiger partial charge in [-0.05, 0) is 12.8 Å². The minimum Gasteiger partial charge on any atom is -0.469 e. The highest BCUT2D eigenvalue weighted by molar-refractivity contribution is 5.85. The van der Waals surface area contributed by atoms with Gasteiger partial charge >= 0.3 is 5.97 Å². The summed E-state index contributed by atoms with van der Waals surface area (Å²) in [6, 6.07) is 0. The highest BCUT2D eigenvalue weighted by Crippen LogP contribution is 2.08. The Morgan fingerprint density at radius 1 is 0.667 bits per heavy atom. The van der Waals surface area contributed by atoms with Crippen LogP contribution in [-0.4, -0.2) is 30.4 Å². The minimum absolute atomic E-state index is 0.0558. The van der Waals surface area contributed by atoms with Crippen molar-refractivity contribution in [1.82, 2.24) is 0 Å². The van der Waals surface area contributed by atoms with Crippen molar-refractivity contribution in [3.63, 3.8) is 0 Å². The van der Waals surface area contributed by atoms with Gasteiger partial charge in [0.25, 0.3) is 0 Å². The Balaban J connectivity index is 3.50. The fraction of sp³-hybridized carbons (Fsp3) is 0.750. The van der Waals surface area contributed by atoms with E-state index >= 15 is 0 Å². The summed E-state index contributed by atoms with van der Waals surface area (Å²) in [5, 5.41) is 0. The van der Waals surface area contributed by atoms with Crippen molar-refractivity contribution in [3.8, 4) is 0 Å². The van der Waals surface area contributed by atoms with Gasteiger partial charge in [0.2, 0.25) is 0 Å². The summed E-state index contributed by atoms with van der Waals surface area (Å²) < 4.78 is 4.47. The van der Waals surface area contributed by atoms with Gasteiger partial charge < -0.3 is 4.74 Å². The first-order valence-corrected chi connectivity index (χ1v) is 7.61. The molecule has 0 heterocycles. The van der Waals surface area contributed by atoms with Crippen LogP contribution in [0, 0.1) is 0 Å². The van der Waals surface area contributed by atoms with E-state index in [-0.39, 0.29) is 36.2 Å². The largest absolute Gasteiger partial charge is 0.469 e. The van der Waals surface area contributed by atoms with Crippen LogP contribution < -0.4 is 0 Å². The Morgan fingerprint density at radius 3 is 1.62 bits per heavy atom. The number of methoxy groups -OCH3 is 1. The molecule has 0 aromatic rings. The second kappa shape index (κ2) is 12.2. The normalized spacial score (nSPS) is 10.2. The van der Waals surface area contributed by atoms with Crippen molar-refractivity contribution in [2.45, 2.75) is 71.1 Å². The quantitative estimate of drug-likeness (QED) is 0.386. The van der Waals surface area contributed by atoms with Gasteiger partial charge in [0.1, 0.15) is 17.3 Å². The van der Waals surface area contributed by atoms with Gasteiger partial charge in [-0.3, -0.25) is 19.2 Å². The number of Topliss-reactive ketones (excluding diaryl/α,β-unsaturated/α-hetero) is 3. The number of ketones is 3. The van der Waals surface area contributed by atoms with Crippen LogP contribution >= 0.6 is 0 Å². The summed E-state index contributed by atoms with van der Waals surface area (Å²) in [6.07, 6.45) is 4.77. The standard InChI is InChI=1S/C16H26O5/c1-3-13(17)9-10-14(18)7-5-4-6-8-15(19)11-12-16(20)21-2/h3-12H2,1-2H3. The summed E-state index contributed by atoms with van der Waals surface area (Å²) in [4.78, 5) is 44.9. The highest BCUT2D eigenvalue weighted by atomic mass is 16.5. The van der Waals surface area contributed by atoms with Crippen LogP contribution in [0.1, 0.15) is 71.1 Å². The van der Waals surface area contributed by atoms with Crippen molar-refractivity contribution >= 4 is 23.3 Å². The third-order valence-electron chi connectivity index (χ3n) is 3.32. The number of rotatable bonds is 13. The molecule has 0 aliphatic heterocycles. The molecular formula is C16H26O5. The van der Waals surface area contributed by atoms with Crippen LogP contribution in [0.2, 0.25) is 0 Å². The smallest absolute Gasteiger partial charge is 0.305 e. The summed E-state index contributed by atoms with van der Waals surface area (Å²) in [6.45, 7) is 1.80. The number of carbonyl (C=O) groups is 4. The molecule has 0 spiro atoms. The van der Waals surface area contributed by atoms with E-state index in [1.807, 2.05) is 0 Å². The minimum atomic E-state index is -0.365. The molecule has 5 nitrogen and oxygen atoms in total. The molecule has 0 bridgehead atoms. The number of ether oxygens (including phenoxy) is 1. The monoisotopic (exact) mass is 298 g/mol. The van der Waals surface area contributed by atoms with Crippen molar-refractivity contribution in [2.24, 2.45) is 0 Å². The van der Waals surface area contributed by atoms with Crippen LogP contribution in [0.3, 0.4) is 0 Å². The Bertz CT molecular complexity index is 326. The fourth-order valence-corrected chi connectivity index (χ4v) is 1.87. The maximum Gasteiger partial charge on any atom is 0.305 e. The van der Waals surface area contributed by atoms with Gasteiger partial charge in [0.05, 0.1) is 13.5 Å². The summed E-state index contributed by atoms with van der Waals surface area (Å²) in [5.41, 5.74) is 0. The zero-order chi connectivity index (χ0) is 16.1. The average Bonchev–Trinajstić information content (AvgIpc) is 2.49. The van der Waals surface area contributed by atoms with Crippen molar-refractivity contribution in [1.29, 1.82) is 0 Å². The second-order valence-electron chi connectivity index (χ2n) is 5.11. The van der Waals surface area contributed by atoms with E-state index in [0.29, 0.717) is 32.1 Å². The Morgan fingerprint density at radius 2 is 1.14 bits per heavy atom. The highest BCUT2D eigenvalue weighted by Gasteiger charge is 2.08. The summed E-state index contributed by atoms with van der Waals surface area (Å²) in [5.74, 6) is -0.0655. The SMILES string of the molecule is CCC(=O)CCC(=O)CCCCCC(=O)CCC(=O)OC. The lowest BCUT2D eigenvalue weighted by Gasteiger charge is -2.02. The van der Waals surface area contributed by atoms with Gasteiger partial charge in [-0.25, -0.2) is 0 Å². The van der Waals surface area contributed by atoms with Crippen LogP contribution in [0.25, 0.3) is 0 Å². The van der Waals surface area contributed by atoms with Crippen LogP contribution in [-0.2, 0) is 23.9 Å². The van der Waals surface area contributed by atoms with Gasteiger partial charge in [0, 0.05) is 38.5 Å². The van der Waals surface area contributed by atoms with Gasteiger partial charge in [0.15, 0.2) is 0 Å². The van der Waals surface area contributed by atoms with Crippen molar-refractivity contribution in [2.75, 3.05) is 7.11 Å². The molecule has 5 heteroatoms. The molecule has 0 saturated heterocycles. The zero-order valence-electron chi connectivity index (χ0n) is 13.1.